The smallest absolute Gasteiger partial charge is 0.237 e. The molecule has 0 aliphatic carbocycles. The Bertz CT molecular complexity index is 548. The van der Waals surface area contributed by atoms with Crippen molar-refractivity contribution in [2.45, 2.75) is 32.1 Å². The molecule has 0 saturated carbocycles. The molecule has 1 aliphatic rings. The standard InChI is InChI=1S/C16H23NO3S/c18-16(17-11-5-2-6-12-17)14-21(19,20)13-7-10-15-8-3-1-4-9-15/h1,3-4,8-9H,2,5-7,10-14H2. The summed E-state index contributed by atoms with van der Waals surface area (Å²) in [6.07, 6.45) is 4.41. The molecular formula is C16H23NO3S. The Balaban J connectivity index is 1.77. The van der Waals surface area contributed by atoms with E-state index in [2.05, 4.69) is 0 Å². The van der Waals surface area contributed by atoms with E-state index in [9.17, 15) is 13.2 Å². The Morgan fingerprint density at radius 3 is 2.38 bits per heavy atom. The van der Waals surface area contributed by atoms with E-state index in [0.717, 1.165) is 31.2 Å². The van der Waals surface area contributed by atoms with Crippen molar-refractivity contribution in [1.29, 1.82) is 0 Å². The summed E-state index contributed by atoms with van der Waals surface area (Å²) in [6, 6.07) is 9.82. The van der Waals surface area contributed by atoms with Crippen LogP contribution in [0.4, 0.5) is 0 Å². The normalized spacial score (nSPS) is 15.9. The summed E-state index contributed by atoms with van der Waals surface area (Å²) in [7, 11) is -3.29. The third kappa shape index (κ3) is 5.50. The SMILES string of the molecule is O=C(CS(=O)(=O)CCCc1ccccc1)N1CCCCC1. The molecule has 0 spiro atoms. The van der Waals surface area contributed by atoms with E-state index in [1.54, 1.807) is 4.90 Å². The third-order valence-corrected chi connectivity index (χ3v) is 5.41. The van der Waals surface area contributed by atoms with Crippen LogP contribution in [0.25, 0.3) is 0 Å². The van der Waals surface area contributed by atoms with Crippen LogP contribution < -0.4 is 0 Å². The van der Waals surface area contributed by atoms with Crippen LogP contribution in [0.2, 0.25) is 0 Å². The average Bonchev–Trinajstić information content (AvgIpc) is 2.48. The number of sulfone groups is 1. The van der Waals surface area contributed by atoms with Crippen LogP contribution in [0.5, 0.6) is 0 Å². The molecule has 0 bridgehead atoms. The highest BCUT2D eigenvalue weighted by Gasteiger charge is 2.22. The van der Waals surface area contributed by atoms with E-state index >= 15 is 0 Å². The van der Waals surface area contributed by atoms with Crippen molar-refractivity contribution in [3.05, 3.63) is 35.9 Å². The molecule has 0 atom stereocenters. The van der Waals surface area contributed by atoms with Gasteiger partial charge in [0, 0.05) is 13.1 Å². The molecule has 1 amide bonds. The first-order chi connectivity index (χ1) is 10.1. The molecule has 1 aromatic rings. The topological polar surface area (TPSA) is 54.5 Å². The van der Waals surface area contributed by atoms with Crippen molar-refractivity contribution < 1.29 is 13.2 Å². The zero-order valence-electron chi connectivity index (χ0n) is 12.3. The van der Waals surface area contributed by atoms with Gasteiger partial charge in [0.1, 0.15) is 5.75 Å². The second kappa shape index (κ2) is 7.59. The first kappa shape index (κ1) is 16.0. The summed E-state index contributed by atoms with van der Waals surface area (Å²) in [6.45, 7) is 1.41. The lowest BCUT2D eigenvalue weighted by molar-refractivity contribution is -0.129. The maximum Gasteiger partial charge on any atom is 0.237 e. The third-order valence-electron chi connectivity index (χ3n) is 3.82. The van der Waals surface area contributed by atoms with Crippen molar-refractivity contribution in [3.63, 3.8) is 0 Å². The molecule has 0 radical (unpaired) electrons. The lowest BCUT2D eigenvalue weighted by Crippen LogP contribution is -2.39. The minimum absolute atomic E-state index is 0.0848. The second-order valence-electron chi connectivity index (χ2n) is 5.62. The number of piperidine rings is 1. The van der Waals surface area contributed by atoms with Crippen LogP contribution in [-0.2, 0) is 21.1 Å². The van der Waals surface area contributed by atoms with Crippen molar-refractivity contribution in [2.24, 2.45) is 0 Å². The zero-order valence-corrected chi connectivity index (χ0v) is 13.1. The second-order valence-corrected chi connectivity index (χ2v) is 7.81. The molecular weight excluding hydrogens is 286 g/mol. The summed E-state index contributed by atoms with van der Waals surface area (Å²) in [5.41, 5.74) is 1.13. The fourth-order valence-corrected chi connectivity index (χ4v) is 3.92. The van der Waals surface area contributed by atoms with Gasteiger partial charge in [0.15, 0.2) is 9.84 Å². The molecule has 4 nitrogen and oxygen atoms in total. The Hall–Kier alpha value is -1.36. The van der Waals surface area contributed by atoms with Gasteiger partial charge < -0.3 is 4.90 Å². The number of carbonyl (C=O) groups is 1. The van der Waals surface area contributed by atoms with Gasteiger partial charge in [0.25, 0.3) is 0 Å². The summed E-state index contributed by atoms with van der Waals surface area (Å²) in [5.74, 6) is -0.474. The molecule has 116 valence electrons. The summed E-state index contributed by atoms with van der Waals surface area (Å²) in [5, 5.41) is 0. The van der Waals surface area contributed by atoms with Crippen molar-refractivity contribution in [1.82, 2.24) is 4.90 Å². The average molecular weight is 309 g/mol. The van der Waals surface area contributed by atoms with Crippen LogP contribution in [0, 0.1) is 0 Å². The molecule has 1 heterocycles. The number of amides is 1. The number of rotatable bonds is 6. The van der Waals surface area contributed by atoms with Gasteiger partial charge in [-0.1, -0.05) is 30.3 Å². The monoisotopic (exact) mass is 309 g/mol. The fourth-order valence-electron chi connectivity index (χ4n) is 2.64. The van der Waals surface area contributed by atoms with Gasteiger partial charge in [-0.25, -0.2) is 8.42 Å². The fraction of sp³-hybridized carbons (Fsp3) is 0.562. The van der Waals surface area contributed by atoms with Gasteiger partial charge >= 0.3 is 0 Å². The highest BCUT2D eigenvalue weighted by Crippen LogP contribution is 2.10. The van der Waals surface area contributed by atoms with Crippen LogP contribution in [0.3, 0.4) is 0 Å². The largest absolute Gasteiger partial charge is 0.342 e. The molecule has 21 heavy (non-hydrogen) atoms. The number of aryl methyl sites for hydroxylation is 1. The van der Waals surface area contributed by atoms with Crippen LogP contribution in [0.1, 0.15) is 31.2 Å². The predicted molar refractivity (Wildman–Crippen MR) is 83.8 cm³/mol. The van der Waals surface area contributed by atoms with Crippen molar-refractivity contribution in [2.75, 3.05) is 24.6 Å². The Morgan fingerprint density at radius 1 is 1.05 bits per heavy atom. The molecule has 1 saturated heterocycles. The van der Waals surface area contributed by atoms with Gasteiger partial charge in [-0.3, -0.25) is 4.79 Å². The zero-order chi connectivity index (χ0) is 15.1. The van der Waals surface area contributed by atoms with Crippen molar-refractivity contribution >= 4 is 15.7 Å². The first-order valence-electron chi connectivity index (χ1n) is 7.59. The molecule has 1 aliphatic heterocycles. The highest BCUT2D eigenvalue weighted by atomic mass is 32.2. The van der Waals surface area contributed by atoms with Gasteiger partial charge in [0.2, 0.25) is 5.91 Å². The van der Waals surface area contributed by atoms with Crippen LogP contribution in [-0.4, -0.2) is 43.8 Å². The number of carbonyl (C=O) groups excluding carboxylic acids is 1. The van der Waals surface area contributed by atoms with Gasteiger partial charge in [0.05, 0.1) is 5.75 Å². The molecule has 1 aromatic carbocycles. The van der Waals surface area contributed by atoms with E-state index in [1.807, 2.05) is 30.3 Å². The number of hydrogen-bond acceptors (Lipinski definition) is 3. The predicted octanol–water partition coefficient (Wildman–Crippen LogP) is 2.05. The minimum Gasteiger partial charge on any atom is -0.342 e. The lowest BCUT2D eigenvalue weighted by atomic mass is 10.1. The van der Waals surface area contributed by atoms with Crippen molar-refractivity contribution in [3.8, 4) is 0 Å². The maximum atomic E-state index is 12.0. The number of hydrogen-bond donors (Lipinski definition) is 0. The molecule has 0 unspecified atom stereocenters. The molecule has 1 fully saturated rings. The van der Waals surface area contributed by atoms with Gasteiger partial charge in [-0.2, -0.15) is 0 Å². The maximum absolute atomic E-state index is 12.0. The molecule has 0 aromatic heterocycles. The quantitative estimate of drug-likeness (QED) is 0.808. The van der Waals surface area contributed by atoms with Gasteiger partial charge in [-0.05, 0) is 37.7 Å². The number of likely N-dealkylation sites (tertiary alicyclic amines) is 1. The van der Waals surface area contributed by atoms with E-state index in [4.69, 9.17) is 0 Å². The van der Waals surface area contributed by atoms with Gasteiger partial charge in [-0.15, -0.1) is 0 Å². The van der Waals surface area contributed by atoms with E-state index in [0.29, 0.717) is 19.5 Å². The summed E-state index contributed by atoms with van der Waals surface area (Å²) >= 11 is 0. The minimum atomic E-state index is -3.29. The van der Waals surface area contributed by atoms with E-state index in [1.165, 1.54) is 0 Å². The summed E-state index contributed by atoms with van der Waals surface area (Å²) in [4.78, 5) is 13.7. The Kier molecular flexibility index (Phi) is 5.79. The van der Waals surface area contributed by atoms with Crippen LogP contribution >= 0.6 is 0 Å². The number of benzene rings is 1. The Morgan fingerprint density at radius 2 is 1.71 bits per heavy atom. The number of nitrogens with zero attached hydrogens (tertiary/aromatic N) is 1. The molecule has 5 heteroatoms. The molecule has 0 N–H and O–H groups in total. The lowest BCUT2D eigenvalue weighted by Gasteiger charge is -2.26. The molecule has 2 rings (SSSR count). The van der Waals surface area contributed by atoms with E-state index < -0.39 is 9.84 Å². The highest BCUT2D eigenvalue weighted by molar-refractivity contribution is 7.92. The summed E-state index contributed by atoms with van der Waals surface area (Å²) < 4.78 is 24.1. The van der Waals surface area contributed by atoms with E-state index in [-0.39, 0.29) is 17.4 Å². The Labute approximate surface area is 127 Å². The first-order valence-corrected chi connectivity index (χ1v) is 9.41. The van der Waals surface area contributed by atoms with Crippen LogP contribution in [0.15, 0.2) is 30.3 Å².